The summed E-state index contributed by atoms with van der Waals surface area (Å²) in [5.41, 5.74) is 0.983. The van der Waals surface area contributed by atoms with Crippen molar-refractivity contribution in [3.05, 3.63) is 40.5 Å². The molecule has 0 spiro atoms. The van der Waals surface area contributed by atoms with Crippen LogP contribution in [0.1, 0.15) is 11.3 Å². The summed E-state index contributed by atoms with van der Waals surface area (Å²) in [6, 6.07) is 4.96. The van der Waals surface area contributed by atoms with Crippen molar-refractivity contribution in [2.75, 3.05) is 18.1 Å². The average molecular weight is 294 g/mol. The second-order valence-corrected chi connectivity index (χ2v) is 4.67. The molecule has 2 heterocycles. The Morgan fingerprint density at radius 2 is 2.40 bits per heavy atom. The van der Waals surface area contributed by atoms with Gasteiger partial charge in [-0.3, -0.25) is 0 Å². The summed E-state index contributed by atoms with van der Waals surface area (Å²) in [6.07, 6.45) is 1.46. The molecule has 1 aromatic heterocycles. The van der Waals surface area contributed by atoms with E-state index in [2.05, 4.69) is 5.16 Å². The Morgan fingerprint density at radius 1 is 1.55 bits per heavy atom. The van der Waals surface area contributed by atoms with Crippen LogP contribution in [0.4, 0.5) is 10.1 Å². The third kappa shape index (κ3) is 2.06. The van der Waals surface area contributed by atoms with Gasteiger partial charge in [0.1, 0.15) is 41.6 Å². The number of halogens is 2. The number of ether oxygens (including phenoxy) is 1. The van der Waals surface area contributed by atoms with Crippen LogP contribution < -0.4 is 9.64 Å². The van der Waals surface area contributed by atoms with Gasteiger partial charge < -0.3 is 14.2 Å². The molecule has 20 heavy (non-hydrogen) atoms. The van der Waals surface area contributed by atoms with E-state index in [1.54, 1.807) is 6.07 Å². The van der Waals surface area contributed by atoms with Gasteiger partial charge in [-0.2, -0.15) is 5.26 Å². The highest BCUT2D eigenvalue weighted by molar-refractivity contribution is 6.31. The van der Waals surface area contributed by atoms with Gasteiger partial charge in [-0.25, -0.2) is 4.39 Å². The lowest BCUT2D eigenvalue weighted by atomic mass is 10.1. The Balaban J connectivity index is 2.07. The number of nitriles is 1. The maximum Gasteiger partial charge on any atom is 0.161 e. The van der Waals surface area contributed by atoms with Crippen LogP contribution in [-0.4, -0.2) is 18.3 Å². The van der Waals surface area contributed by atoms with Crippen molar-refractivity contribution < 1.29 is 13.7 Å². The molecule has 3 rings (SSSR count). The standard InChI is InChI=1S/C13H9ClFN3O2/c14-10-5-11-13(9(6-16)12(10)15)18(2-4-19-11)7-8-1-3-20-17-8/h1,3,5H,2,4,7H2. The monoisotopic (exact) mass is 293 g/mol. The van der Waals surface area contributed by atoms with Gasteiger partial charge in [0, 0.05) is 12.1 Å². The Morgan fingerprint density at radius 3 is 3.10 bits per heavy atom. The number of benzene rings is 1. The third-order valence-corrected chi connectivity index (χ3v) is 3.32. The first-order valence-corrected chi connectivity index (χ1v) is 6.27. The van der Waals surface area contributed by atoms with Gasteiger partial charge in [0.25, 0.3) is 0 Å². The molecule has 0 saturated heterocycles. The second kappa shape index (κ2) is 5.02. The number of nitrogens with zero attached hydrogens (tertiary/aromatic N) is 3. The molecule has 0 unspecified atom stereocenters. The molecule has 0 atom stereocenters. The van der Waals surface area contributed by atoms with Gasteiger partial charge in [0.15, 0.2) is 5.82 Å². The SMILES string of the molecule is N#Cc1c(F)c(Cl)cc2c1N(Cc1ccon1)CCO2. The van der Waals surface area contributed by atoms with Gasteiger partial charge in [0.2, 0.25) is 0 Å². The first-order chi connectivity index (χ1) is 9.70. The maximum atomic E-state index is 14.0. The fourth-order valence-electron chi connectivity index (χ4n) is 2.17. The number of aromatic nitrogens is 1. The fourth-order valence-corrected chi connectivity index (χ4v) is 2.36. The molecular formula is C13H9ClFN3O2. The molecule has 0 bridgehead atoms. The Hall–Kier alpha value is -2.26. The van der Waals surface area contributed by atoms with Crippen LogP contribution in [0.25, 0.3) is 0 Å². The topological polar surface area (TPSA) is 62.3 Å². The molecule has 0 aliphatic carbocycles. The number of fused-ring (bicyclic) bond motifs is 1. The predicted molar refractivity (Wildman–Crippen MR) is 69.2 cm³/mol. The minimum Gasteiger partial charge on any atom is -0.489 e. The van der Waals surface area contributed by atoms with E-state index in [0.717, 1.165) is 0 Å². The summed E-state index contributed by atoms with van der Waals surface area (Å²) < 4.78 is 24.2. The minimum absolute atomic E-state index is 0.115. The lowest BCUT2D eigenvalue weighted by Gasteiger charge is -2.31. The van der Waals surface area contributed by atoms with Gasteiger partial charge in [-0.1, -0.05) is 16.8 Å². The lowest BCUT2D eigenvalue weighted by Crippen LogP contribution is -2.33. The molecule has 0 N–H and O–H groups in total. The van der Waals surface area contributed by atoms with Gasteiger partial charge in [0.05, 0.1) is 18.1 Å². The number of hydrogen-bond donors (Lipinski definition) is 0. The first kappa shape index (κ1) is 12.8. The van der Waals surface area contributed by atoms with Gasteiger partial charge in [-0.15, -0.1) is 0 Å². The number of hydrogen-bond acceptors (Lipinski definition) is 5. The van der Waals surface area contributed by atoms with E-state index in [-0.39, 0.29) is 10.6 Å². The predicted octanol–water partition coefficient (Wildman–Crippen LogP) is 2.74. The van der Waals surface area contributed by atoms with Crippen LogP contribution in [-0.2, 0) is 6.54 Å². The van der Waals surface area contributed by atoms with Gasteiger partial charge >= 0.3 is 0 Å². The van der Waals surface area contributed by atoms with Crippen molar-refractivity contribution in [3.63, 3.8) is 0 Å². The van der Waals surface area contributed by atoms with E-state index in [1.807, 2.05) is 11.0 Å². The zero-order chi connectivity index (χ0) is 14.1. The highest BCUT2D eigenvalue weighted by Crippen LogP contribution is 2.40. The van der Waals surface area contributed by atoms with Crippen molar-refractivity contribution in [2.24, 2.45) is 0 Å². The molecule has 0 radical (unpaired) electrons. The van der Waals surface area contributed by atoms with E-state index >= 15 is 0 Å². The largest absolute Gasteiger partial charge is 0.489 e. The van der Waals surface area contributed by atoms with Crippen LogP contribution in [0.2, 0.25) is 5.02 Å². The summed E-state index contributed by atoms with van der Waals surface area (Å²) in [4.78, 5) is 1.83. The molecule has 1 aliphatic heterocycles. The second-order valence-electron chi connectivity index (χ2n) is 4.27. The van der Waals surface area contributed by atoms with E-state index in [4.69, 9.17) is 20.9 Å². The van der Waals surface area contributed by atoms with Crippen LogP contribution >= 0.6 is 11.6 Å². The summed E-state index contributed by atoms with van der Waals surface area (Å²) in [5.74, 6) is -0.328. The number of anilines is 1. The first-order valence-electron chi connectivity index (χ1n) is 5.90. The van der Waals surface area contributed by atoms with Crippen LogP contribution in [0.15, 0.2) is 22.9 Å². The molecule has 0 amide bonds. The molecule has 7 heteroatoms. The summed E-state index contributed by atoms with van der Waals surface area (Å²) in [7, 11) is 0. The summed E-state index contributed by atoms with van der Waals surface area (Å²) >= 11 is 5.77. The lowest BCUT2D eigenvalue weighted by molar-refractivity contribution is 0.305. The van der Waals surface area contributed by atoms with Crippen LogP contribution in [0.3, 0.4) is 0 Å². The summed E-state index contributed by atoms with van der Waals surface area (Å²) in [5, 5.41) is 12.9. The zero-order valence-corrected chi connectivity index (χ0v) is 11.0. The highest BCUT2D eigenvalue weighted by Gasteiger charge is 2.27. The average Bonchev–Trinajstić information content (AvgIpc) is 2.94. The fraction of sp³-hybridized carbons (Fsp3) is 0.231. The van der Waals surface area contributed by atoms with Crippen molar-refractivity contribution in [2.45, 2.75) is 6.54 Å². The molecule has 0 fully saturated rings. The summed E-state index contributed by atoms with van der Waals surface area (Å²) in [6.45, 7) is 1.36. The Labute approximate surface area is 119 Å². The van der Waals surface area contributed by atoms with E-state index < -0.39 is 5.82 Å². The van der Waals surface area contributed by atoms with Crippen molar-refractivity contribution in [1.29, 1.82) is 5.26 Å². The molecule has 5 nitrogen and oxygen atoms in total. The quantitative estimate of drug-likeness (QED) is 0.852. The van der Waals surface area contributed by atoms with E-state index in [1.165, 1.54) is 12.3 Å². The minimum atomic E-state index is -0.733. The molecular weight excluding hydrogens is 285 g/mol. The van der Waals surface area contributed by atoms with Crippen LogP contribution in [0.5, 0.6) is 5.75 Å². The normalized spacial score (nSPS) is 13.6. The van der Waals surface area contributed by atoms with Crippen LogP contribution in [0, 0.1) is 17.1 Å². The molecule has 1 aromatic carbocycles. The van der Waals surface area contributed by atoms with E-state index in [9.17, 15) is 9.65 Å². The molecule has 102 valence electrons. The van der Waals surface area contributed by atoms with Crippen molar-refractivity contribution >= 4 is 17.3 Å². The van der Waals surface area contributed by atoms with Gasteiger partial charge in [-0.05, 0) is 0 Å². The molecule has 2 aromatic rings. The maximum absolute atomic E-state index is 14.0. The number of rotatable bonds is 2. The Kier molecular flexibility index (Phi) is 3.20. The zero-order valence-electron chi connectivity index (χ0n) is 10.3. The van der Waals surface area contributed by atoms with E-state index in [0.29, 0.717) is 36.8 Å². The van der Waals surface area contributed by atoms with Crippen molar-refractivity contribution in [1.82, 2.24) is 5.16 Å². The third-order valence-electron chi connectivity index (χ3n) is 3.05. The molecule has 1 aliphatic rings. The van der Waals surface area contributed by atoms with Crippen molar-refractivity contribution in [3.8, 4) is 11.8 Å². The smallest absolute Gasteiger partial charge is 0.161 e. The highest BCUT2D eigenvalue weighted by atomic mass is 35.5. The molecule has 0 saturated carbocycles. The Bertz CT molecular complexity index is 682.